The fourth-order valence-electron chi connectivity index (χ4n) is 2.97. The van der Waals surface area contributed by atoms with E-state index in [9.17, 15) is 9.59 Å². The first kappa shape index (κ1) is 16.9. The van der Waals surface area contributed by atoms with Crippen LogP contribution in [0.25, 0.3) is 17.1 Å². The van der Waals surface area contributed by atoms with Gasteiger partial charge in [0, 0.05) is 26.3 Å². The van der Waals surface area contributed by atoms with Crippen molar-refractivity contribution in [2.24, 2.45) is 14.1 Å². The number of aryl methyl sites for hydroxylation is 3. The molecule has 3 heterocycles. The second kappa shape index (κ2) is 6.19. The number of fused-ring (bicyclic) bond motifs is 1. The van der Waals surface area contributed by atoms with Crippen molar-refractivity contribution < 1.29 is 0 Å². The topological polar surface area (TPSA) is 79.6 Å². The number of allylic oxidation sites excluding steroid dienone is 1. The maximum atomic E-state index is 12.7. The molecule has 0 amide bonds. The highest BCUT2D eigenvalue weighted by Gasteiger charge is 2.21. The van der Waals surface area contributed by atoms with Crippen molar-refractivity contribution in [1.82, 2.24) is 28.5 Å². The molecule has 0 radical (unpaired) electrons. The van der Waals surface area contributed by atoms with Gasteiger partial charge in [0.25, 0.3) is 5.56 Å². The molecule has 0 aliphatic rings. The van der Waals surface area contributed by atoms with Gasteiger partial charge < -0.3 is 0 Å². The fraction of sp³-hybridized carbons (Fsp3) is 0.412. The summed E-state index contributed by atoms with van der Waals surface area (Å²) in [5.74, 6) is 0.518. The zero-order valence-electron chi connectivity index (χ0n) is 15.0. The third-order valence-corrected chi connectivity index (χ3v) is 4.39. The summed E-state index contributed by atoms with van der Waals surface area (Å²) in [5, 5.41) is 4.61. The van der Waals surface area contributed by atoms with E-state index in [1.54, 1.807) is 22.4 Å². The molecule has 3 rings (SSSR count). The van der Waals surface area contributed by atoms with E-state index in [0.717, 1.165) is 28.8 Å². The summed E-state index contributed by atoms with van der Waals surface area (Å²) in [6, 6.07) is 2.04. The average molecular weight is 342 g/mol. The van der Waals surface area contributed by atoms with Gasteiger partial charge in [0.05, 0.1) is 5.69 Å². The van der Waals surface area contributed by atoms with Crippen LogP contribution in [0.2, 0.25) is 0 Å². The van der Waals surface area contributed by atoms with Crippen LogP contribution >= 0.6 is 0 Å². The summed E-state index contributed by atoms with van der Waals surface area (Å²) < 4.78 is 5.99. The van der Waals surface area contributed by atoms with Crippen molar-refractivity contribution in [3.63, 3.8) is 0 Å². The maximum Gasteiger partial charge on any atom is 0.332 e. The van der Waals surface area contributed by atoms with Gasteiger partial charge >= 0.3 is 5.69 Å². The molecule has 8 nitrogen and oxygen atoms in total. The molecule has 0 bridgehead atoms. The predicted molar refractivity (Wildman–Crippen MR) is 96.3 cm³/mol. The number of aromatic nitrogens is 6. The van der Waals surface area contributed by atoms with Gasteiger partial charge in [-0.25, -0.2) is 9.48 Å². The first-order valence-corrected chi connectivity index (χ1v) is 8.29. The molecular formula is C17H22N6O2. The summed E-state index contributed by atoms with van der Waals surface area (Å²) in [4.78, 5) is 29.5. The lowest BCUT2D eigenvalue weighted by atomic mass is 10.3. The van der Waals surface area contributed by atoms with Crippen LogP contribution in [0.5, 0.6) is 0 Å². The first-order chi connectivity index (χ1) is 11.9. The highest BCUT2D eigenvalue weighted by Crippen LogP contribution is 2.18. The molecule has 0 saturated heterocycles. The Morgan fingerprint density at radius 1 is 1.16 bits per heavy atom. The van der Waals surface area contributed by atoms with Crippen LogP contribution in [0.3, 0.4) is 0 Å². The molecule has 25 heavy (non-hydrogen) atoms. The van der Waals surface area contributed by atoms with Crippen molar-refractivity contribution in [2.45, 2.75) is 33.2 Å². The SMILES string of the molecule is C=CCn1c(-n2nc(CC)cc2CC)nc2c1c(=O)n(C)c(=O)n2C. The lowest BCUT2D eigenvalue weighted by molar-refractivity contribution is 0.688. The highest BCUT2D eigenvalue weighted by molar-refractivity contribution is 5.72. The standard InChI is InChI=1S/C17H22N6O2/c1-6-9-22-13-14(20(4)17(25)21(5)15(13)24)18-16(22)23-12(8-3)10-11(7-2)19-23/h6,10H,1,7-9H2,2-5H3. The van der Waals surface area contributed by atoms with Crippen LogP contribution in [0.4, 0.5) is 0 Å². The zero-order chi connectivity index (χ0) is 18.3. The van der Waals surface area contributed by atoms with Crippen LogP contribution in [-0.2, 0) is 33.5 Å². The van der Waals surface area contributed by atoms with E-state index in [2.05, 4.69) is 16.7 Å². The Bertz CT molecular complexity index is 1080. The van der Waals surface area contributed by atoms with Gasteiger partial charge in [-0.3, -0.25) is 18.5 Å². The summed E-state index contributed by atoms with van der Waals surface area (Å²) >= 11 is 0. The van der Waals surface area contributed by atoms with E-state index in [1.165, 1.54) is 11.6 Å². The maximum absolute atomic E-state index is 12.7. The number of hydrogen-bond donors (Lipinski definition) is 0. The Morgan fingerprint density at radius 2 is 1.88 bits per heavy atom. The number of imidazole rings is 1. The van der Waals surface area contributed by atoms with Crippen molar-refractivity contribution in [2.75, 3.05) is 0 Å². The van der Waals surface area contributed by atoms with Crippen molar-refractivity contribution in [1.29, 1.82) is 0 Å². The first-order valence-electron chi connectivity index (χ1n) is 8.29. The normalized spacial score (nSPS) is 11.4. The second-order valence-corrected chi connectivity index (χ2v) is 5.93. The summed E-state index contributed by atoms with van der Waals surface area (Å²) in [5.41, 5.74) is 1.89. The van der Waals surface area contributed by atoms with Crippen LogP contribution in [-0.4, -0.2) is 28.5 Å². The van der Waals surface area contributed by atoms with Gasteiger partial charge in [0.15, 0.2) is 11.2 Å². The van der Waals surface area contributed by atoms with E-state index in [0.29, 0.717) is 23.7 Å². The minimum atomic E-state index is -0.405. The number of nitrogens with zero attached hydrogens (tertiary/aromatic N) is 6. The highest BCUT2D eigenvalue weighted by atomic mass is 16.2. The fourth-order valence-corrected chi connectivity index (χ4v) is 2.97. The van der Waals surface area contributed by atoms with E-state index < -0.39 is 5.69 Å². The van der Waals surface area contributed by atoms with E-state index in [4.69, 9.17) is 0 Å². The predicted octanol–water partition coefficient (Wildman–Crippen LogP) is 0.930. The molecule has 0 atom stereocenters. The Hall–Kier alpha value is -2.90. The molecule has 3 aromatic heterocycles. The third-order valence-electron chi connectivity index (χ3n) is 4.39. The Labute approximate surface area is 144 Å². The van der Waals surface area contributed by atoms with E-state index in [-0.39, 0.29) is 5.56 Å². The lowest BCUT2D eigenvalue weighted by Gasteiger charge is -2.08. The number of hydrogen-bond acceptors (Lipinski definition) is 4. The molecule has 0 saturated carbocycles. The zero-order valence-corrected chi connectivity index (χ0v) is 15.0. The summed E-state index contributed by atoms with van der Waals surface area (Å²) in [6.07, 6.45) is 3.29. The lowest BCUT2D eigenvalue weighted by Crippen LogP contribution is -2.37. The molecule has 0 spiro atoms. The third kappa shape index (κ3) is 2.45. The van der Waals surface area contributed by atoms with Gasteiger partial charge in [0.2, 0.25) is 5.95 Å². The minimum Gasteiger partial charge on any atom is -0.299 e. The molecular weight excluding hydrogens is 320 g/mol. The molecule has 0 N–H and O–H groups in total. The molecule has 8 heteroatoms. The molecule has 0 unspecified atom stereocenters. The van der Waals surface area contributed by atoms with Crippen molar-refractivity contribution in [3.8, 4) is 5.95 Å². The number of rotatable bonds is 5. The Balaban J connectivity index is 2.46. The van der Waals surface area contributed by atoms with Gasteiger partial charge in [0.1, 0.15) is 0 Å². The smallest absolute Gasteiger partial charge is 0.299 e. The van der Waals surface area contributed by atoms with Crippen molar-refractivity contribution >= 4 is 11.2 Å². The molecule has 132 valence electrons. The Morgan fingerprint density at radius 3 is 2.48 bits per heavy atom. The molecule has 0 aromatic carbocycles. The van der Waals surface area contributed by atoms with Gasteiger partial charge in [-0.05, 0) is 18.9 Å². The average Bonchev–Trinajstić information content (AvgIpc) is 3.19. The van der Waals surface area contributed by atoms with Crippen LogP contribution in [0, 0.1) is 0 Å². The van der Waals surface area contributed by atoms with Gasteiger partial charge in [-0.15, -0.1) is 6.58 Å². The second-order valence-electron chi connectivity index (χ2n) is 5.93. The summed E-state index contributed by atoms with van der Waals surface area (Å²) in [6.45, 7) is 8.25. The molecule has 0 aliphatic carbocycles. The minimum absolute atomic E-state index is 0.348. The monoisotopic (exact) mass is 342 g/mol. The van der Waals surface area contributed by atoms with E-state index >= 15 is 0 Å². The molecule has 3 aromatic rings. The van der Waals surface area contributed by atoms with Crippen LogP contribution in [0.15, 0.2) is 28.3 Å². The summed E-state index contributed by atoms with van der Waals surface area (Å²) in [7, 11) is 3.08. The largest absolute Gasteiger partial charge is 0.332 e. The van der Waals surface area contributed by atoms with Crippen LogP contribution < -0.4 is 11.2 Å². The Kier molecular flexibility index (Phi) is 4.20. The van der Waals surface area contributed by atoms with Crippen molar-refractivity contribution in [3.05, 3.63) is 50.9 Å². The van der Waals surface area contributed by atoms with E-state index in [1.807, 2.05) is 19.9 Å². The van der Waals surface area contributed by atoms with Gasteiger partial charge in [-0.2, -0.15) is 10.1 Å². The quantitative estimate of drug-likeness (QED) is 0.646. The molecule has 0 fully saturated rings. The van der Waals surface area contributed by atoms with Crippen LogP contribution in [0.1, 0.15) is 25.2 Å². The molecule has 0 aliphatic heterocycles. The van der Waals surface area contributed by atoms with Gasteiger partial charge in [-0.1, -0.05) is 19.9 Å².